The number of aliphatic hydroxyl groups excluding tert-OH is 2. The summed E-state index contributed by atoms with van der Waals surface area (Å²) < 4.78 is 4.86. The minimum absolute atomic E-state index is 0.0936. The van der Waals surface area contributed by atoms with Gasteiger partial charge in [0.25, 0.3) is 0 Å². The van der Waals surface area contributed by atoms with Crippen LogP contribution < -0.4 is 0 Å². The predicted octanol–water partition coefficient (Wildman–Crippen LogP) is -1.48. The van der Waals surface area contributed by atoms with Crippen LogP contribution in [-0.4, -0.2) is 78.9 Å². The summed E-state index contributed by atoms with van der Waals surface area (Å²) in [5.41, 5.74) is 0. The van der Waals surface area contributed by atoms with Crippen LogP contribution in [0.5, 0.6) is 0 Å². The van der Waals surface area contributed by atoms with Gasteiger partial charge in [-0.05, 0) is 0 Å². The van der Waals surface area contributed by atoms with Gasteiger partial charge in [0.15, 0.2) is 6.54 Å². The van der Waals surface area contributed by atoms with E-state index in [2.05, 4.69) is 0 Å². The van der Waals surface area contributed by atoms with Crippen LogP contribution in [0.3, 0.4) is 0 Å². The summed E-state index contributed by atoms with van der Waals surface area (Å²) in [7, 11) is 3.15. The van der Waals surface area contributed by atoms with Gasteiger partial charge in [-0.3, -0.25) is 0 Å². The third-order valence-corrected chi connectivity index (χ3v) is 2.17. The Morgan fingerprint density at radius 3 is 2.53 bits per heavy atom. The molecule has 0 bridgehead atoms. The fourth-order valence-corrected chi connectivity index (χ4v) is 1.56. The van der Waals surface area contributed by atoms with Gasteiger partial charge >= 0.3 is 5.97 Å². The number of quaternary nitrogens is 1. The van der Waals surface area contributed by atoms with Crippen molar-refractivity contribution in [3.63, 3.8) is 0 Å². The molecule has 0 aliphatic carbocycles. The van der Waals surface area contributed by atoms with Crippen molar-refractivity contribution in [1.29, 1.82) is 0 Å². The van der Waals surface area contributed by atoms with E-state index >= 15 is 0 Å². The summed E-state index contributed by atoms with van der Waals surface area (Å²) in [5.74, 6) is -0.949. The highest BCUT2D eigenvalue weighted by Gasteiger charge is 2.27. The lowest BCUT2D eigenvalue weighted by Gasteiger charge is -2.33. The lowest BCUT2D eigenvalue weighted by Crippen LogP contribution is -2.54. The van der Waals surface area contributed by atoms with Crippen molar-refractivity contribution in [1.82, 2.24) is 0 Å². The van der Waals surface area contributed by atoms with Crippen molar-refractivity contribution < 1.29 is 29.3 Å². The molecule has 0 spiro atoms. The Kier molecular flexibility index (Phi) is 6.42. The van der Waals surface area contributed by atoms with Crippen molar-refractivity contribution >= 4 is 5.97 Å². The molecule has 0 aliphatic heterocycles. The van der Waals surface area contributed by atoms with Crippen LogP contribution in [0, 0.1) is 0 Å². The molecule has 2 unspecified atom stereocenters. The van der Waals surface area contributed by atoms with Gasteiger partial charge in [-0.25, -0.2) is 4.79 Å². The molecular weight excluding hydrogens is 202 g/mol. The van der Waals surface area contributed by atoms with Crippen molar-refractivity contribution in [2.75, 3.05) is 47.0 Å². The second kappa shape index (κ2) is 6.73. The Labute approximate surface area is 89.3 Å². The molecule has 0 radical (unpaired) electrons. The molecular formula is C9H20NO5+. The van der Waals surface area contributed by atoms with Crippen molar-refractivity contribution in [3.05, 3.63) is 0 Å². The predicted molar refractivity (Wildman–Crippen MR) is 53.4 cm³/mol. The molecule has 0 amide bonds. The zero-order chi connectivity index (χ0) is 11.9. The molecule has 0 aliphatic rings. The smallest absolute Gasteiger partial charge is 0.359 e. The lowest BCUT2D eigenvalue weighted by molar-refractivity contribution is -0.905. The van der Waals surface area contributed by atoms with Crippen LogP contribution in [0.15, 0.2) is 0 Å². The number of hydrogen-bond donors (Lipinski definition) is 3. The maximum absolute atomic E-state index is 10.6. The average Bonchev–Trinajstić information content (AvgIpc) is 2.01. The van der Waals surface area contributed by atoms with E-state index in [4.69, 9.17) is 14.9 Å². The molecule has 0 fully saturated rings. The summed E-state index contributed by atoms with van der Waals surface area (Å²) in [6, 6.07) is 0. The highest BCUT2D eigenvalue weighted by molar-refractivity contribution is 5.67. The number of likely N-dealkylation sites (N-methyl/N-ethyl adjacent to an activating group) is 1. The number of carbonyl (C=O) groups is 1. The standard InChI is InChI=1S/C9H19NO5/c1-10(3-4-11,6-9(13)14)5-8(12)7-15-2/h8,11-12H,3-7H2,1-2H3/p+1. The van der Waals surface area contributed by atoms with Gasteiger partial charge in [0.2, 0.25) is 0 Å². The van der Waals surface area contributed by atoms with Gasteiger partial charge in [0, 0.05) is 7.11 Å². The second-order valence-electron chi connectivity index (χ2n) is 3.91. The quantitative estimate of drug-likeness (QED) is 0.436. The van der Waals surface area contributed by atoms with E-state index in [0.29, 0.717) is 6.54 Å². The monoisotopic (exact) mass is 222 g/mol. The Hall–Kier alpha value is -0.690. The van der Waals surface area contributed by atoms with E-state index in [-0.39, 0.29) is 30.8 Å². The first-order chi connectivity index (χ1) is 6.93. The highest BCUT2D eigenvalue weighted by Crippen LogP contribution is 2.04. The fourth-order valence-electron chi connectivity index (χ4n) is 1.56. The number of methoxy groups -OCH3 is 1. The first kappa shape index (κ1) is 14.3. The van der Waals surface area contributed by atoms with E-state index < -0.39 is 12.1 Å². The molecule has 2 atom stereocenters. The number of nitrogens with zero attached hydrogens (tertiary/aromatic N) is 1. The number of carboxylic acid groups (broad SMARTS) is 1. The first-order valence-electron chi connectivity index (χ1n) is 4.77. The van der Waals surface area contributed by atoms with Crippen LogP contribution in [0.2, 0.25) is 0 Å². The number of ether oxygens (including phenoxy) is 1. The minimum atomic E-state index is -0.949. The summed E-state index contributed by atoms with van der Waals surface area (Å²) in [6.07, 6.45) is -0.717. The molecule has 90 valence electrons. The van der Waals surface area contributed by atoms with Crippen molar-refractivity contribution in [2.24, 2.45) is 0 Å². The van der Waals surface area contributed by atoms with Gasteiger partial charge < -0.3 is 24.5 Å². The minimum Gasteiger partial charge on any atom is -0.477 e. The summed E-state index contributed by atoms with van der Waals surface area (Å²) in [5, 5.41) is 27.1. The number of aliphatic hydroxyl groups is 2. The van der Waals surface area contributed by atoms with Gasteiger partial charge in [-0.1, -0.05) is 0 Å². The zero-order valence-electron chi connectivity index (χ0n) is 9.22. The summed E-state index contributed by atoms with van der Waals surface area (Å²) >= 11 is 0. The molecule has 0 aromatic heterocycles. The Balaban J connectivity index is 4.28. The van der Waals surface area contributed by atoms with Crippen LogP contribution in [0.1, 0.15) is 0 Å². The van der Waals surface area contributed by atoms with Crippen LogP contribution >= 0.6 is 0 Å². The molecule has 0 saturated heterocycles. The van der Waals surface area contributed by atoms with E-state index in [1.807, 2.05) is 0 Å². The van der Waals surface area contributed by atoms with Gasteiger partial charge in [-0.15, -0.1) is 0 Å². The van der Waals surface area contributed by atoms with Crippen molar-refractivity contribution in [3.8, 4) is 0 Å². The van der Waals surface area contributed by atoms with Crippen LogP contribution in [0.4, 0.5) is 0 Å². The molecule has 0 aromatic rings. The lowest BCUT2D eigenvalue weighted by atomic mass is 10.2. The maximum atomic E-state index is 10.6. The third-order valence-electron chi connectivity index (χ3n) is 2.17. The summed E-state index contributed by atoms with van der Waals surface area (Å²) in [4.78, 5) is 10.6. The number of hydrogen-bond acceptors (Lipinski definition) is 4. The van der Waals surface area contributed by atoms with Crippen LogP contribution in [0.25, 0.3) is 0 Å². The van der Waals surface area contributed by atoms with Gasteiger partial charge in [0.1, 0.15) is 19.2 Å². The zero-order valence-corrected chi connectivity index (χ0v) is 9.22. The summed E-state index contributed by atoms with van der Waals surface area (Å²) in [6.45, 7) is 0.484. The van der Waals surface area contributed by atoms with Gasteiger partial charge in [-0.2, -0.15) is 0 Å². The maximum Gasteiger partial charge on any atom is 0.359 e. The Morgan fingerprint density at radius 2 is 2.13 bits per heavy atom. The average molecular weight is 222 g/mol. The van der Waals surface area contributed by atoms with Crippen molar-refractivity contribution in [2.45, 2.75) is 6.10 Å². The fraction of sp³-hybridized carbons (Fsp3) is 0.889. The Bertz CT molecular complexity index is 199. The van der Waals surface area contributed by atoms with E-state index in [1.54, 1.807) is 7.05 Å². The first-order valence-corrected chi connectivity index (χ1v) is 4.77. The Morgan fingerprint density at radius 1 is 1.53 bits per heavy atom. The van der Waals surface area contributed by atoms with E-state index in [1.165, 1.54) is 7.11 Å². The second-order valence-corrected chi connectivity index (χ2v) is 3.91. The molecule has 0 aromatic carbocycles. The molecule has 6 nitrogen and oxygen atoms in total. The molecule has 6 heteroatoms. The number of aliphatic carboxylic acids is 1. The topological polar surface area (TPSA) is 87.0 Å². The van der Waals surface area contributed by atoms with Gasteiger partial charge in [0.05, 0.1) is 20.3 Å². The molecule has 3 N–H and O–H groups in total. The highest BCUT2D eigenvalue weighted by atomic mass is 16.5. The number of carboxylic acids is 1. The normalized spacial score (nSPS) is 17.1. The molecule has 0 rings (SSSR count). The molecule has 0 saturated carbocycles. The molecule has 15 heavy (non-hydrogen) atoms. The third kappa shape index (κ3) is 6.40. The number of rotatable bonds is 8. The van der Waals surface area contributed by atoms with E-state index in [9.17, 15) is 9.90 Å². The van der Waals surface area contributed by atoms with Crippen LogP contribution in [-0.2, 0) is 9.53 Å². The SMILES string of the molecule is COCC(O)C[N+](C)(CCO)CC(=O)O. The van der Waals surface area contributed by atoms with E-state index in [0.717, 1.165) is 0 Å². The largest absolute Gasteiger partial charge is 0.477 e. The molecule has 0 heterocycles.